The fraction of sp³-hybridized carbons (Fsp3) is 0.318. The maximum atomic E-state index is 6.38. The minimum Gasteiger partial charge on any atom is -0.489 e. The van der Waals surface area contributed by atoms with Gasteiger partial charge in [-0.05, 0) is 42.7 Å². The third kappa shape index (κ3) is 5.11. The van der Waals surface area contributed by atoms with Crippen LogP contribution in [0, 0.1) is 0 Å². The van der Waals surface area contributed by atoms with Gasteiger partial charge in [-0.3, -0.25) is 0 Å². The molecule has 1 fully saturated rings. The van der Waals surface area contributed by atoms with Crippen molar-refractivity contribution in [2.24, 2.45) is 0 Å². The molecule has 7 heteroatoms. The lowest BCUT2D eigenvalue weighted by molar-refractivity contribution is 0.300. The summed E-state index contributed by atoms with van der Waals surface area (Å²) in [5.74, 6) is 1.92. The van der Waals surface area contributed by atoms with E-state index in [9.17, 15) is 0 Å². The van der Waals surface area contributed by atoms with Gasteiger partial charge in [0.05, 0.1) is 15.6 Å². The minimum atomic E-state index is 0.302. The van der Waals surface area contributed by atoms with Crippen LogP contribution >= 0.6 is 50.7 Å². The van der Waals surface area contributed by atoms with Gasteiger partial charge in [0.25, 0.3) is 0 Å². The Morgan fingerprint density at radius 1 is 1.07 bits per heavy atom. The van der Waals surface area contributed by atoms with E-state index in [4.69, 9.17) is 44.1 Å². The second-order valence-electron chi connectivity index (χ2n) is 6.42. The van der Waals surface area contributed by atoms with Crippen LogP contribution < -0.4 is 4.74 Å². The lowest BCUT2D eigenvalue weighted by Gasteiger charge is -2.10. The molecule has 0 N–H and O–H groups in total. The third-order valence-electron chi connectivity index (χ3n) is 4.52. The number of hydrogen-bond donors (Lipinski definition) is 0. The first-order chi connectivity index (χ1) is 14.1. The van der Waals surface area contributed by atoms with Gasteiger partial charge in [-0.1, -0.05) is 81.9 Å². The highest BCUT2D eigenvalue weighted by Gasteiger charge is 2.33. The summed E-state index contributed by atoms with van der Waals surface area (Å²) < 4.78 is 11.7. The predicted molar refractivity (Wildman–Crippen MR) is 124 cm³/mol. The van der Waals surface area contributed by atoms with Gasteiger partial charge in [-0.15, -0.1) is 0 Å². The predicted octanol–water partition coefficient (Wildman–Crippen LogP) is 8.68. The first-order valence-corrected chi connectivity index (χ1v) is 11.7. The van der Waals surface area contributed by atoms with Crippen LogP contribution in [0.3, 0.4) is 0 Å². The first kappa shape index (κ1) is 22.5. The fourth-order valence-corrected chi connectivity index (χ4v) is 4.39. The molecule has 0 unspecified atom stereocenters. The molecule has 0 saturated heterocycles. The van der Waals surface area contributed by atoms with Crippen molar-refractivity contribution < 1.29 is 9.26 Å². The molecule has 2 aromatic carbocycles. The second-order valence-corrected chi connectivity index (χ2v) is 8.20. The van der Waals surface area contributed by atoms with E-state index in [2.05, 4.69) is 21.1 Å². The molecule has 29 heavy (non-hydrogen) atoms. The Morgan fingerprint density at radius 3 is 2.34 bits per heavy atom. The number of ether oxygens (including phenoxy) is 1. The van der Waals surface area contributed by atoms with Crippen LogP contribution in [-0.4, -0.2) is 5.16 Å². The summed E-state index contributed by atoms with van der Waals surface area (Å²) in [6.45, 7) is 4.30. The zero-order valence-electron chi connectivity index (χ0n) is 16.1. The van der Waals surface area contributed by atoms with Crippen molar-refractivity contribution in [1.82, 2.24) is 5.16 Å². The summed E-state index contributed by atoms with van der Waals surface area (Å²) in [6, 6.07) is 11.0. The second kappa shape index (κ2) is 10.2. The lowest BCUT2D eigenvalue weighted by Crippen LogP contribution is -2.00. The normalized spacial score (nSPS) is 13.0. The van der Waals surface area contributed by atoms with E-state index in [0.717, 1.165) is 29.7 Å². The van der Waals surface area contributed by atoms with Crippen molar-refractivity contribution in [1.29, 1.82) is 0 Å². The average molecular weight is 518 g/mol. The Kier molecular flexibility index (Phi) is 7.92. The number of alkyl halides is 1. The van der Waals surface area contributed by atoms with E-state index in [1.54, 1.807) is 18.2 Å². The number of aromatic nitrogens is 1. The summed E-state index contributed by atoms with van der Waals surface area (Å²) >= 11 is 22.5. The number of hydrogen-bond acceptors (Lipinski definition) is 3. The zero-order valence-corrected chi connectivity index (χ0v) is 20.0. The van der Waals surface area contributed by atoms with Crippen LogP contribution in [0.5, 0.6) is 5.75 Å². The molecule has 1 aliphatic rings. The maximum absolute atomic E-state index is 6.38. The van der Waals surface area contributed by atoms with E-state index in [0.29, 0.717) is 49.9 Å². The van der Waals surface area contributed by atoms with Gasteiger partial charge in [0.2, 0.25) is 0 Å². The summed E-state index contributed by atoms with van der Waals surface area (Å²) in [4.78, 5) is 0. The molecule has 1 aliphatic carbocycles. The van der Waals surface area contributed by atoms with Crippen molar-refractivity contribution in [3.8, 4) is 17.0 Å². The highest BCUT2D eigenvalue weighted by molar-refractivity contribution is 9.08. The van der Waals surface area contributed by atoms with E-state index < -0.39 is 0 Å². The van der Waals surface area contributed by atoms with Crippen LogP contribution in [0.1, 0.15) is 49.5 Å². The van der Waals surface area contributed by atoms with Gasteiger partial charge >= 0.3 is 0 Å². The van der Waals surface area contributed by atoms with E-state index in [1.165, 1.54) is 0 Å². The van der Waals surface area contributed by atoms with Gasteiger partial charge in [0.1, 0.15) is 23.8 Å². The molecule has 1 saturated carbocycles. The highest BCUT2D eigenvalue weighted by atomic mass is 79.9. The first-order valence-electron chi connectivity index (χ1n) is 9.48. The molecule has 3 aromatic rings. The zero-order chi connectivity index (χ0) is 21.0. The van der Waals surface area contributed by atoms with Gasteiger partial charge in [-0.2, -0.15) is 0 Å². The topological polar surface area (TPSA) is 35.3 Å². The van der Waals surface area contributed by atoms with Crippen molar-refractivity contribution in [2.45, 2.75) is 44.5 Å². The summed E-state index contributed by atoms with van der Waals surface area (Å²) in [7, 11) is 0. The summed E-state index contributed by atoms with van der Waals surface area (Å²) in [5.41, 5.74) is 3.20. The monoisotopic (exact) mass is 515 g/mol. The molecule has 0 amide bonds. The van der Waals surface area contributed by atoms with Crippen molar-refractivity contribution in [2.75, 3.05) is 0 Å². The fourth-order valence-electron chi connectivity index (χ4n) is 2.93. The van der Waals surface area contributed by atoms with Crippen LogP contribution in [0.15, 0.2) is 40.9 Å². The molecular weight excluding hydrogens is 497 g/mol. The van der Waals surface area contributed by atoms with E-state index in [-0.39, 0.29) is 0 Å². The number of rotatable bonds is 6. The van der Waals surface area contributed by atoms with Crippen LogP contribution in [0.2, 0.25) is 15.1 Å². The molecule has 4 rings (SSSR count). The van der Waals surface area contributed by atoms with Gasteiger partial charge in [0.15, 0.2) is 0 Å². The van der Waals surface area contributed by atoms with Crippen LogP contribution in [-0.2, 0) is 11.9 Å². The van der Waals surface area contributed by atoms with Crippen LogP contribution in [0.25, 0.3) is 11.3 Å². The number of halogens is 4. The van der Waals surface area contributed by atoms with Crippen molar-refractivity contribution >= 4 is 50.7 Å². The highest BCUT2D eigenvalue weighted by Crippen LogP contribution is 2.46. The molecule has 0 radical (unpaired) electrons. The molecule has 0 atom stereocenters. The smallest absolute Gasteiger partial charge is 0.147 e. The van der Waals surface area contributed by atoms with Gasteiger partial charge < -0.3 is 9.26 Å². The Bertz CT molecular complexity index is 966. The Labute approximate surface area is 194 Å². The van der Waals surface area contributed by atoms with Crippen molar-refractivity contribution in [3.63, 3.8) is 0 Å². The number of benzene rings is 2. The summed E-state index contributed by atoms with van der Waals surface area (Å²) in [5, 5.41) is 6.69. The standard InChI is InChI=1S/C20H15BrCl3NO2.C2H6/c21-9-12-6-7-13(8-17(12)24)26-10-14-19(25-27-20(14)11-4-5-11)18-15(22)2-1-3-16(18)23;1-2/h1-3,6-8,11H,4-5,9-10H2;1-2H3. The third-order valence-corrected chi connectivity index (χ3v) is 6.10. The van der Waals surface area contributed by atoms with Crippen LogP contribution in [0.4, 0.5) is 0 Å². The molecule has 154 valence electrons. The van der Waals surface area contributed by atoms with E-state index in [1.807, 2.05) is 32.0 Å². The molecule has 1 heterocycles. The number of nitrogens with zero attached hydrogens (tertiary/aromatic N) is 1. The minimum absolute atomic E-state index is 0.302. The molecule has 3 nitrogen and oxygen atoms in total. The van der Waals surface area contributed by atoms with Gasteiger partial charge in [0, 0.05) is 21.8 Å². The SMILES string of the molecule is CC.Clc1cc(OCc2c(-c3c(Cl)cccc3Cl)noc2C2CC2)ccc1CBr. The quantitative estimate of drug-likeness (QED) is 0.307. The van der Waals surface area contributed by atoms with Gasteiger partial charge in [-0.25, -0.2) is 0 Å². The van der Waals surface area contributed by atoms with Crippen molar-refractivity contribution in [3.05, 3.63) is 68.4 Å². The molecular formula is C22H21BrCl3NO2. The maximum Gasteiger partial charge on any atom is 0.147 e. The molecule has 0 spiro atoms. The largest absolute Gasteiger partial charge is 0.489 e. The average Bonchev–Trinajstić information content (AvgIpc) is 3.49. The Morgan fingerprint density at radius 2 is 1.76 bits per heavy atom. The Hall–Kier alpha value is -1.20. The summed E-state index contributed by atoms with van der Waals surface area (Å²) in [6.07, 6.45) is 2.17. The molecule has 0 bridgehead atoms. The van der Waals surface area contributed by atoms with E-state index >= 15 is 0 Å². The molecule has 0 aliphatic heterocycles. The Balaban J connectivity index is 0.00000117. The lowest BCUT2D eigenvalue weighted by atomic mass is 10.0. The molecule has 1 aromatic heterocycles.